The molecule has 0 saturated heterocycles. The smallest absolute Gasteiger partial charge is 0.259 e. The Labute approximate surface area is 121 Å². The summed E-state index contributed by atoms with van der Waals surface area (Å²) in [5.74, 6) is 0. The zero-order chi connectivity index (χ0) is 13.9. The van der Waals surface area contributed by atoms with Crippen molar-refractivity contribution in [2.45, 2.75) is 19.4 Å². The van der Waals surface area contributed by atoms with Crippen molar-refractivity contribution in [3.63, 3.8) is 0 Å². The van der Waals surface area contributed by atoms with Gasteiger partial charge in [-0.3, -0.25) is 4.79 Å². The highest BCUT2D eigenvalue weighted by molar-refractivity contribution is 7.17. The molecule has 0 atom stereocenters. The van der Waals surface area contributed by atoms with E-state index in [4.69, 9.17) is 5.73 Å². The van der Waals surface area contributed by atoms with Gasteiger partial charge in [0.05, 0.1) is 5.39 Å². The molecule has 0 amide bonds. The fourth-order valence-electron chi connectivity index (χ4n) is 2.32. The number of nitrogens with two attached hydrogens (primary N) is 1. The van der Waals surface area contributed by atoms with Gasteiger partial charge >= 0.3 is 0 Å². The largest absolute Gasteiger partial charge is 0.399 e. The van der Waals surface area contributed by atoms with Crippen LogP contribution in [0.3, 0.4) is 0 Å². The summed E-state index contributed by atoms with van der Waals surface area (Å²) in [4.78, 5) is 12.2. The summed E-state index contributed by atoms with van der Waals surface area (Å²) in [5, 5.41) is 2.79. The van der Waals surface area contributed by atoms with Crippen molar-refractivity contribution >= 4 is 27.1 Å². The molecule has 2 N–H and O–H groups in total. The van der Waals surface area contributed by atoms with E-state index in [1.165, 1.54) is 5.56 Å². The molecule has 20 heavy (non-hydrogen) atoms. The maximum Gasteiger partial charge on any atom is 0.259 e. The number of nitrogen functional groups attached to an aromatic ring is 1. The summed E-state index contributed by atoms with van der Waals surface area (Å²) in [6.45, 7) is 0.745. The van der Waals surface area contributed by atoms with Gasteiger partial charge in [-0.25, -0.2) is 0 Å². The number of fused-ring (bicyclic) bond motifs is 1. The fourth-order valence-corrected chi connectivity index (χ4v) is 3.09. The Morgan fingerprint density at radius 1 is 1.10 bits per heavy atom. The summed E-state index contributed by atoms with van der Waals surface area (Å²) in [5.41, 5.74) is 7.82. The Kier molecular flexibility index (Phi) is 3.56. The molecule has 4 heteroatoms. The summed E-state index contributed by atoms with van der Waals surface area (Å²) in [6.07, 6.45) is 3.79. The quantitative estimate of drug-likeness (QED) is 0.747. The lowest BCUT2D eigenvalue weighted by atomic mass is 10.1. The van der Waals surface area contributed by atoms with E-state index >= 15 is 0 Å². The van der Waals surface area contributed by atoms with Gasteiger partial charge in [0, 0.05) is 23.1 Å². The monoisotopic (exact) mass is 284 g/mol. The Morgan fingerprint density at radius 3 is 2.70 bits per heavy atom. The second kappa shape index (κ2) is 5.51. The number of hydrogen-bond acceptors (Lipinski definition) is 3. The number of benzene rings is 1. The van der Waals surface area contributed by atoms with Crippen molar-refractivity contribution in [2.75, 3.05) is 5.73 Å². The molecular formula is C16H16N2OS. The maximum absolute atomic E-state index is 12.2. The summed E-state index contributed by atoms with van der Waals surface area (Å²) in [6, 6.07) is 11.8. The summed E-state index contributed by atoms with van der Waals surface area (Å²) >= 11 is 1.61. The standard InChI is InChI=1S/C16H16N2OS/c17-13-5-3-12(4-6-13)2-1-9-18-10-7-15-14(16(18)19)8-11-20-15/h3-8,10-11H,1-2,9,17H2. The van der Waals surface area contributed by atoms with E-state index in [1.807, 2.05) is 48.0 Å². The SMILES string of the molecule is Nc1ccc(CCCn2ccc3sccc3c2=O)cc1. The average molecular weight is 284 g/mol. The van der Waals surface area contributed by atoms with Crippen LogP contribution < -0.4 is 11.3 Å². The first-order chi connectivity index (χ1) is 9.74. The second-order valence-corrected chi connectivity index (χ2v) is 5.81. The summed E-state index contributed by atoms with van der Waals surface area (Å²) < 4.78 is 2.86. The number of rotatable bonds is 4. The van der Waals surface area contributed by atoms with Gasteiger partial charge in [-0.05, 0) is 48.1 Å². The lowest BCUT2D eigenvalue weighted by Crippen LogP contribution is -2.19. The summed E-state index contributed by atoms with van der Waals surface area (Å²) in [7, 11) is 0. The molecule has 3 nitrogen and oxygen atoms in total. The maximum atomic E-state index is 12.2. The van der Waals surface area contributed by atoms with E-state index in [1.54, 1.807) is 15.9 Å². The van der Waals surface area contributed by atoms with Crippen molar-refractivity contribution in [3.8, 4) is 0 Å². The number of aryl methyl sites for hydroxylation is 2. The van der Waals surface area contributed by atoms with E-state index in [0.29, 0.717) is 0 Å². The van der Waals surface area contributed by atoms with Gasteiger partial charge in [-0.1, -0.05) is 12.1 Å². The molecule has 0 spiro atoms. The van der Waals surface area contributed by atoms with Crippen LogP contribution in [0.2, 0.25) is 0 Å². The molecule has 3 aromatic rings. The van der Waals surface area contributed by atoms with Crippen molar-refractivity contribution in [3.05, 3.63) is 63.9 Å². The molecule has 0 saturated carbocycles. The predicted molar refractivity (Wildman–Crippen MR) is 85.3 cm³/mol. The van der Waals surface area contributed by atoms with Gasteiger partial charge < -0.3 is 10.3 Å². The van der Waals surface area contributed by atoms with Crippen molar-refractivity contribution in [1.82, 2.24) is 4.57 Å². The molecule has 0 aliphatic rings. The van der Waals surface area contributed by atoms with E-state index in [9.17, 15) is 4.79 Å². The van der Waals surface area contributed by atoms with Gasteiger partial charge in [-0.15, -0.1) is 11.3 Å². The van der Waals surface area contributed by atoms with Gasteiger partial charge in [0.2, 0.25) is 0 Å². The number of thiophene rings is 1. The molecule has 2 heterocycles. The van der Waals surface area contributed by atoms with Crippen molar-refractivity contribution < 1.29 is 0 Å². The minimum absolute atomic E-state index is 0.112. The zero-order valence-corrected chi connectivity index (χ0v) is 11.9. The predicted octanol–water partition coefficient (Wildman–Crippen LogP) is 3.28. The molecule has 102 valence electrons. The first-order valence-corrected chi connectivity index (χ1v) is 7.53. The molecule has 0 aliphatic heterocycles. The van der Waals surface area contributed by atoms with Crippen LogP contribution in [0.1, 0.15) is 12.0 Å². The van der Waals surface area contributed by atoms with Crippen LogP contribution in [-0.4, -0.2) is 4.57 Å². The van der Waals surface area contributed by atoms with Crippen LogP contribution in [-0.2, 0) is 13.0 Å². The number of pyridine rings is 1. The molecular weight excluding hydrogens is 268 g/mol. The highest BCUT2D eigenvalue weighted by Gasteiger charge is 2.03. The van der Waals surface area contributed by atoms with E-state index in [-0.39, 0.29) is 5.56 Å². The third-order valence-electron chi connectivity index (χ3n) is 3.44. The van der Waals surface area contributed by atoms with Crippen LogP contribution in [0.15, 0.2) is 52.8 Å². The molecule has 0 aliphatic carbocycles. The highest BCUT2D eigenvalue weighted by Crippen LogP contribution is 2.16. The number of aromatic nitrogens is 1. The second-order valence-electron chi connectivity index (χ2n) is 4.86. The first-order valence-electron chi connectivity index (χ1n) is 6.65. The molecule has 0 fully saturated rings. The van der Waals surface area contributed by atoms with Crippen LogP contribution in [0.25, 0.3) is 10.1 Å². The number of anilines is 1. The topological polar surface area (TPSA) is 48.0 Å². The van der Waals surface area contributed by atoms with Gasteiger partial charge in [0.25, 0.3) is 5.56 Å². The average Bonchev–Trinajstić information content (AvgIpc) is 2.93. The molecule has 0 bridgehead atoms. The normalized spacial score (nSPS) is 11.0. The van der Waals surface area contributed by atoms with Crippen LogP contribution in [0.4, 0.5) is 5.69 Å². The highest BCUT2D eigenvalue weighted by atomic mass is 32.1. The molecule has 2 aromatic heterocycles. The minimum Gasteiger partial charge on any atom is -0.399 e. The molecule has 0 radical (unpaired) electrons. The Bertz CT molecular complexity index is 771. The van der Waals surface area contributed by atoms with E-state index in [2.05, 4.69) is 0 Å². The van der Waals surface area contributed by atoms with Crippen LogP contribution >= 0.6 is 11.3 Å². The fraction of sp³-hybridized carbons (Fsp3) is 0.188. The molecule has 0 unspecified atom stereocenters. The van der Waals surface area contributed by atoms with Gasteiger partial charge in [-0.2, -0.15) is 0 Å². The van der Waals surface area contributed by atoms with Gasteiger partial charge in [0.15, 0.2) is 0 Å². The Morgan fingerprint density at radius 2 is 1.90 bits per heavy atom. The van der Waals surface area contributed by atoms with E-state index < -0.39 is 0 Å². The van der Waals surface area contributed by atoms with Crippen molar-refractivity contribution in [1.29, 1.82) is 0 Å². The van der Waals surface area contributed by atoms with Crippen LogP contribution in [0, 0.1) is 0 Å². The van der Waals surface area contributed by atoms with Crippen LogP contribution in [0.5, 0.6) is 0 Å². The zero-order valence-electron chi connectivity index (χ0n) is 11.1. The van der Waals surface area contributed by atoms with Gasteiger partial charge in [0.1, 0.15) is 0 Å². The lowest BCUT2D eigenvalue weighted by Gasteiger charge is -2.06. The van der Waals surface area contributed by atoms with E-state index in [0.717, 1.165) is 35.2 Å². The Balaban J connectivity index is 1.69. The third kappa shape index (κ3) is 2.60. The Hall–Kier alpha value is -2.07. The first kappa shape index (κ1) is 12.9. The minimum atomic E-state index is 0.112. The number of nitrogens with zero attached hydrogens (tertiary/aromatic N) is 1. The number of hydrogen-bond donors (Lipinski definition) is 1. The molecule has 1 aromatic carbocycles. The molecule has 3 rings (SSSR count). The lowest BCUT2D eigenvalue weighted by molar-refractivity contribution is 0.627. The third-order valence-corrected chi connectivity index (χ3v) is 4.32. The van der Waals surface area contributed by atoms with Crippen molar-refractivity contribution in [2.24, 2.45) is 0 Å².